The van der Waals surface area contributed by atoms with Crippen LogP contribution in [0.25, 0.3) is 0 Å². The first kappa shape index (κ1) is 23.0. The topological polar surface area (TPSA) is 110 Å². The first-order chi connectivity index (χ1) is 16.3. The molecule has 0 saturated heterocycles. The Morgan fingerprint density at radius 1 is 1.06 bits per heavy atom. The van der Waals surface area contributed by atoms with Crippen LogP contribution in [-0.4, -0.2) is 31.1 Å². The van der Waals surface area contributed by atoms with E-state index in [1.54, 1.807) is 0 Å². The van der Waals surface area contributed by atoms with Crippen molar-refractivity contribution in [3.8, 4) is 0 Å². The molecule has 2 amide bonds. The zero-order chi connectivity index (χ0) is 24.0. The molecule has 0 saturated carbocycles. The first-order valence-electron chi connectivity index (χ1n) is 10.9. The van der Waals surface area contributed by atoms with Gasteiger partial charge in [-0.3, -0.25) is 9.59 Å². The number of carbonyl (C=O) groups excluding carboxylic acids is 2. The Bertz CT molecular complexity index is 1430. The van der Waals surface area contributed by atoms with E-state index in [4.69, 9.17) is 17.3 Å². The van der Waals surface area contributed by atoms with Gasteiger partial charge in [0.2, 0.25) is 10.0 Å². The van der Waals surface area contributed by atoms with Gasteiger partial charge in [-0.25, -0.2) is 8.42 Å². The van der Waals surface area contributed by atoms with Crippen LogP contribution >= 0.6 is 22.9 Å². The number of hydrogen-bond acceptors (Lipinski definition) is 5. The highest BCUT2D eigenvalue weighted by molar-refractivity contribution is 7.89. The maximum absolute atomic E-state index is 13.4. The summed E-state index contributed by atoms with van der Waals surface area (Å²) < 4.78 is 28.3. The average Bonchev–Trinajstić information content (AvgIpc) is 3.39. The fourth-order valence-electron chi connectivity index (χ4n) is 4.58. The molecule has 10 heteroatoms. The molecule has 34 heavy (non-hydrogen) atoms. The molecule has 2 aromatic carbocycles. The predicted octanol–water partition coefficient (Wildman–Crippen LogP) is 3.99. The summed E-state index contributed by atoms with van der Waals surface area (Å²) in [5, 5.41) is 3.20. The molecule has 0 fully saturated rings. The van der Waals surface area contributed by atoms with Crippen molar-refractivity contribution in [1.82, 2.24) is 4.31 Å². The van der Waals surface area contributed by atoms with Gasteiger partial charge < -0.3 is 11.1 Å². The van der Waals surface area contributed by atoms with Gasteiger partial charge in [-0.15, -0.1) is 11.3 Å². The molecular formula is C24H22ClN3O4S2. The number of nitrogens with one attached hydrogen (secondary N) is 1. The maximum Gasteiger partial charge on any atom is 0.256 e. The Labute approximate surface area is 206 Å². The molecule has 5 rings (SSSR count). The van der Waals surface area contributed by atoms with Gasteiger partial charge in [0.1, 0.15) is 9.90 Å². The molecule has 0 bridgehead atoms. The second-order valence-corrected chi connectivity index (χ2v) is 11.8. The van der Waals surface area contributed by atoms with Gasteiger partial charge in [0.05, 0.1) is 10.6 Å². The minimum Gasteiger partial charge on any atom is -0.365 e. The number of thiophene rings is 1. The second kappa shape index (κ2) is 8.81. The monoisotopic (exact) mass is 515 g/mol. The summed E-state index contributed by atoms with van der Waals surface area (Å²) in [4.78, 5) is 26.0. The van der Waals surface area contributed by atoms with Crippen LogP contribution in [0.3, 0.4) is 0 Å². The summed E-state index contributed by atoms with van der Waals surface area (Å²) in [6, 6.07) is 11.9. The van der Waals surface area contributed by atoms with Crippen LogP contribution in [0.5, 0.6) is 0 Å². The number of nitrogens with two attached hydrogens (primary N) is 1. The Morgan fingerprint density at radius 3 is 2.59 bits per heavy atom. The van der Waals surface area contributed by atoms with Crippen molar-refractivity contribution in [2.75, 3.05) is 11.9 Å². The molecule has 176 valence electrons. The average molecular weight is 516 g/mol. The highest BCUT2D eigenvalue weighted by Gasteiger charge is 2.31. The van der Waals surface area contributed by atoms with Gasteiger partial charge in [0, 0.05) is 23.5 Å². The van der Waals surface area contributed by atoms with Crippen LogP contribution in [0.15, 0.2) is 47.4 Å². The standard InChI is InChI=1S/C24H22ClN3O4S2/c25-18-9-8-15(23(30)27-24-21(22(26)29)17-6-3-7-19(17)33-24)12-20(18)34(31,32)28-11-10-14-4-1-2-5-16(14)13-28/h1-2,4-5,8-9,12H,3,6-7,10-11,13H2,(H2,26,29)(H,27,30). The Morgan fingerprint density at radius 2 is 1.82 bits per heavy atom. The van der Waals surface area contributed by atoms with E-state index in [2.05, 4.69) is 5.32 Å². The van der Waals surface area contributed by atoms with E-state index in [1.165, 1.54) is 33.8 Å². The Hall–Kier alpha value is -2.72. The molecular weight excluding hydrogens is 494 g/mol. The molecule has 0 atom stereocenters. The molecule has 1 aliphatic heterocycles. The Kier molecular flexibility index (Phi) is 5.97. The molecule has 2 aliphatic rings. The van der Waals surface area contributed by atoms with E-state index < -0.39 is 21.8 Å². The van der Waals surface area contributed by atoms with E-state index >= 15 is 0 Å². The molecule has 1 aliphatic carbocycles. The molecule has 0 spiro atoms. The smallest absolute Gasteiger partial charge is 0.256 e. The number of amides is 2. The van der Waals surface area contributed by atoms with E-state index in [1.807, 2.05) is 24.3 Å². The number of benzene rings is 2. The largest absolute Gasteiger partial charge is 0.365 e. The molecule has 0 unspecified atom stereocenters. The van der Waals surface area contributed by atoms with Crippen LogP contribution in [-0.2, 0) is 35.8 Å². The van der Waals surface area contributed by atoms with Gasteiger partial charge in [-0.05, 0) is 60.6 Å². The van der Waals surface area contributed by atoms with Crippen LogP contribution < -0.4 is 11.1 Å². The molecule has 7 nitrogen and oxygen atoms in total. The van der Waals surface area contributed by atoms with E-state index in [9.17, 15) is 18.0 Å². The van der Waals surface area contributed by atoms with Crippen molar-refractivity contribution in [2.45, 2.75) is 37.1 Å². The van der Waals surface area contributed by atoms with Crippen LogP contribution in [0.2, 0.25) is 5.02 Å². The van der Waals surface area contributed by atoms with Gasteiger partial charge in [0.25, 0.3) is 11.8 Å². The first-order valence-corrected chi connectivity index (χ1v) is 13.5. The fourth-order valence-corrected chi connectivity index (χ4v) is 7.79. The summed E-state index contributed by atoms with van der Waals surface area (Å²) in [7, 11) is -3.93. The lowest BCUT2D eigenvalue weighted by atomic mass is 10.0. The third kappa shape index (κ3) is 4.02. The molecule has 3 N–H and O–H groups in total. The van der Waals surface area contributed by atoms with Gasteiger partial charge in [0.15, 0.2) is 0 Å². The number of carbonyl (C=O) groups is 2. The number of rotatable bonds is 5. The van der Waals surface area contributed by atoms with Crippen LogP contribution in [0, 0.1) is 0 Å². The highest BCUT2D eigenvalue weighted by Crippen LogP contribution is 2.39. The SMILES string of the molecule is NC(=O)c1c(NC(=O)c2ccc(Cl)c(S(=O)(=O)N3CCc4ccccc4C3)c2)sc2c1CCC2. The number of aryl methyl sites for hydroxylation is 1. The van der Waals surface area contributed by atoms with Crippen LogP contribution in [0.4, 0.5) is 5.00 Å². The summed E-state index contributed by atoms with van der Waals surface area (Å²) in [5.74, 6) is -1.11. The lowest BCUT2D eigenvalue weighted by Crippen LogP contribution is -2.36. The highest BCUT2D eigenvalue weighted by atomic mass is 35.5. The van der Waals surface area contributed by atoms with Crippen molar-refractivity contribution in [1.29, 1.82) is 0 Å². The number of sulfonamides is 1. The van der Waals surface area contributed by atoms with Crippen molar-refractivity contribution in [2.24, 2.45) is 5.73 Å². The Balaban J connectivity index is 1.43. The summed E-state index contributed by atoms with van der Waals surface area (Å²) >= 11 is 7.63. The minimum absolute atomic E-state index is 0.0448. The summed E-state index contributed by atoms with van der Waals surface area (Å²) in [6.45, 7) is 0.572. The zero-order valence-electron chi connectivity index (χ0n) is 18.1. The number of halogens is 1. The quantitative estimate of drug-likeness (QED) is 0.535. The minimum atomic E-state index is -3.93. The third-order valence-corrected chi connectivity index (χ3v) is 9.84. The van der Waals surface area contributed by atoms with Crippen LogP contribution in [0.1, 0.15) is 48.7 Å². The molecule has 0 radical (unpaired) electrons. The number of primary amides is 1. The molecule has 2 heterocycles. The summed E-state index contributed by atoms with van der Waals surface area (Å²) in [5.41, 5.74) is 9.03. The number of anilines is 1. The van der Waals surface area contributed by atoms with Crippen molar-refractivity contribution < 1.29 is 18.0 Å². The van der Waals surface area contributed by atoms with Gasteiger partial charge >= 0.3 is 0 Å². The van der Waals surface area contributed by atoms with Crippen molar-refractivity contribution in [3.05, 3.63) is 80.2 Å². The predicted molar refractivity (Wildman–Crippen MR) is 132 cm³/mol. The van der Waals surface area contributed by atoms with E-state index in [0.717, 1.165) is 40.8 Å². The van der Waals surface area contributed by atoms with Gasteiger partial charge in [-0.1, -0.05) is 35.9 Å². The van der Waals surface area contributed by atoms with E-state index in [0.29, 0.717) is 23.5 Å². The second-order valence-electron chi connectivity index (χ2n) is 8.38. The normalized spacial score (nSPS) is 15.6. The molecule has 1 aromatic heterocycles. The zero-order valence-corrected chi connectivity index (χ0v) is 20.5. The molecule has 3 aromatic rings. The van der Waals surface area contributed by atoms with Gasteiger partial charge in [-0.2, -0.15) is 4.31 Å². The lowest BCUT2D eigenvalue weighted by Gasteiger charge is -2.28. The number of nitrogens with zero attached hydrogens (tertiary/aromatic N) is 1. The maximum atomic E-state index is 13.4. The fraction of sp³-hybridized carbons (Fsp3) is 0.250. The van der Waals surface area contributed by atoms with Crippen molar-refractivity contribution >= 4 is 49.8 Å². The van der Waals surface area contributed by atoms with E-state index in [-0.39, 0.29) is 22.0 Å². The lowest BCUT2D eigenvalue weighted by molar-refractivity contribution is 0.100. The van der Waals surface area contributed by atoms with Crippen molar-refractivity contribution in [3.63, 3.8) is 0 Å². The number of fused-ring (bicyclic) bond motifs is 2. The third-order valence-electron chi connectivity index (χ3n) is 6.30. The summed E-state index contributed by atoms with van der Waals surface area (Å²) in [6.07, 6.45) is 3.15. The number of hydrogen-bond donors (Lipinski definition) is 2.